The van der Waals surface area contributed by atoms with Crippen molar-refractivity contribution < 1.29 is 5.11 Å². The van der Waals surface area contributed by atoms with Gasteiger partial charge < -0.3 is 5.11 Å². The van der Waals surface area contributed by atoms with E-state index in [-0.39, 0.29) is 6.10 Å². The number of halogens is 3. The zero-order valence-electron chi connectivity index (χ0n) is 7.02. The molecule has 1 N–H and O–H groups in total. The highest BCUT2D eigenvalue weighted by atomic mass is 127. The number of rotatable bonds is 2. The Balaban J connectivity index is 3.20. The van der Waals surface area contributed by atoms with Crippen LogP contribution >= 0.6 is 67.8 Å². The van der Waals surface area contributed by atoms with E-state index in [1.165, 1.54) is 10.7 Å². The Kier molecular flexibility index (Phi) is 5.22. The second-order valence-corrected chi connectivity index (χ2v) is 6.20. The summed E-state index contributed by atoms with van der Waals surface area (Å²) in [5, 5.41) is 9.75. The summed E-state index contributed by atoms with van der Waals surface area (Å²) < 4.78 is 3.57. The fourth-order valence-corrected chi connectivity index (χ4v) is 3.60. The first-order chi connectivity index (χ1) is 6.06. The van der Waals surface area contributed by atoms with Crippen LogP contribution in [-0.2, 0) is 0 Å². The van der Waals surface area contributed by atoms with Gasteiger partial charge in [0.25, 0.3) is 0 Å². The Hall–Kier alpha value is 1.37. The molecule has 1 atom stereocenters. The van der Waals surface area contributed by atoms with Crippen molar-refractivity contribution in [2.45, 2.75) is 19.4 Å². The Labute approximate surface area is 119 Å². The van der Waals surface area contributed by atoms with Gasteiger partial charge in [0.1, 0.15) is 0 Å². The van der Waals surface area contributed by atoms with Gasteiger partial charge in [-0.25, -0.2) is 0 Å². The molecular formula is C9H9I3O. The van der Waals surface area contributed by atoms with E-state index in [0.717, 1.165) is 12.0 Å². The van der Waals surface area contributed by atoms with E-state index >= 15 is 0 Å². The van der Waals surface area contributed by atoms with Crippen LogP contribution < -0.4 is 0 Å². The van der Waals surface area contributed by atoms with E-state index in [9.17, 15) is 5.11 Å². The normalized spacial score (nSPS) is 13.0. The summed E-state index contributed by atoms with van der Waals surface area (Å²) in [6.45, 7) is 1.99. The van der Waals surface area contributed by atoms with Gasteiger partial charge in [0, 0.05) is 10.7 Å². The second-order valence-electron chi connectivity index (χ2n) is 2.71. The number of benzene rings is 1. The van der Waals surface area contributed by atoms with E-state index in [1.807, 2.05) is 6.92 Å². The van der Waals surface area contributed by atoms with Crippen molar-refractivity contribution in [3.8, 4) is 0 Å². The Morgan fingerprint density at radius 2 is 1.92 bits per heavy atom. The molecule has 0 aliphatic carbocycles. The summed E-state index contributed by atoms with van der Waals surface area (Å²) in [7, 11) is 0. The third-order valence-corrected chi connectivity index (χ3v) is 5.48. The molecule has 0 aromatic heterocycles. The zero-order valence-corrected chi connectivity index (χ0v) is 13.5. The highest BCUT2D eigenvalue weighted by Gasteiger charge is 2.12. The molecule has 0 radical (unpaired) electrons. The summed E-state index contributed by atoms with van der Waals surface area (Å²) in [5.74, 6) is 0. The fraction of sp³-hybridized carbons (Fsp3) is 0.333. The van der Waals surface area contributed by atoms with Crippen LogP contribution in [0, 0.1) is 10.7 Å². The van der Waals surface area contributed by atoms with E-state index in [0.29, 0.717) is 0 Å². The highest BCUT2D eigenvalue weighted by Crippen LogP contribution is 2.28. The Bertz CT molecular complexity index is 312. The molecule has 1 aromatic carbocycles. The van der Waals surface area contributed by atoms with Crippen molar-refractivity contribution in [3.05, 3.63) is 28.4 Å². The molecule has 1 rings (SSSR count). The SMILES string of the molecule is CCC(O)c1cc(I)cc(I)c1I. The van der Waals surface area contributed by atoms with Crippen molar-refractivity contribution in [3.63, 3.8) is 0 Å². The molecule has 1 aromatic rings. The molecule has 0 aliphatic heterocycles. The minimum atomic E-state index is -0.324. The van der Waals surface area contributed by atoms with Gasteiger partial charge in [-0.1, -0.05) is 6.92 Å². The molecule has 0 aliphatic rings. The molecule has 1 unspecified atom stereocenters. The lowest BCUT2D eigenvalue weighted by atomic mass is 10.1. The fourth-order valence-electron chi connectivity index (χ4n) is 1.04. The van der Waals surface area contributed by atoms with Gasteiger partial charge >= 0.3 is 0 Å². The molecule has 0 saturated carbocycles. The van der Waals surface area contributed by atoms with Crippen molar-refractivity contribution in [1.82, 2.24) is 0 Å². The maximum Gasteiger partial charge on any atom is 0.0798 e. The number of aliphatic hydroxyl groups is 1. The molecule has 0 spiro atoms. The predicted molar refractivity (Wildman–Crippen MR) is 79.8 cm³/mol. The van der Waals surface area contributed by atoms with Crippen LogP contribution in [0.2, 0.25) is 0 Å². The lowest BCUT2D eigenvalue weighted by Gasteiger charge is -2.12. The van der Waals surface area contributed by atoms with Crippen molar-refractivity contribution in [2.75, 3.05) is 0 Å². The highest BCUT2D eigenvalue weighted by molar-refractivity contribution is 14.1. The van der Waals surface area contributed by atoms with Crippen LogP contribution in [0.3, 0.4) is 0 Å². The molecule has 13 heavy (non-hydrogen) atoms. The maximum absolute atomic E-state index is 9.75. The van der Waals surface area contributed by atoms with E-state index in [2.05, 4.69) is 79.9 Å². The first-order valence-electron chi connectivity index (χ1n) is 3.88. The molecule has 72 valence electrons. The molecule has 0 amide bonds. The molecule has 0 heterocycles. The Morgan fingerprint density at radius 3 is 2.46 bits per heavy atom. The van der Waals surface area contributed by atoms with Crippen molar-refractivity contribution in [1.29, 1.82) is 0 Å². The van der Waals surface area contributed by atoms with Crippen LogP contribution in [0.25, 0.3) is 0 Å². The van der Waals surface area contributed by atoms with Crippen LogP contribution in [0.5, 0.6) is 0 Å². The monoisotopic (exact) mass is 514 g/mol. The van der Waals surface area contributed by atoms with Gasteiger partial charge in [0.05, 0.1) is 6.10 Å². The van der Waals surface area contributed by atoms with Gasteiger partial charge in [-0.15, -0.1) is 0 Å². The van der Waals surface area contributed by atoms with E-state index in [4.69, 9.17) is 0 Å². The third kappa shape index (κ3) is 3.16. The maximum atomic E-state index is 9.75. The van der Waals surface area contributed by atoms with Gasteiger partial charge in [0.2, 0.25) is 0 Å². The second kappa shape index (κ2) is 5.45. The summed E-state index contributed by atoms with van der Waals surface area (Å²) in [4.78, 5) is 0. The van der Waals surface area contributed by atoms with Gasteiger partial charge in [0.15, 0.2) is 0 Å². The van der Waals surface area contributed by atoms with Gasteiger partial charge in [-0.3, -0.25) is 0 Å². The average Bonchev–Trinajstić information content (AvgIpc) is 2.10. The van der Waals surface area contributed by atoms with E-state index < -0.39 is 0 Å². The standard InChI is InChI=1S/C9H9I3O/c1-2-8(13)6-3-5(10)4-7(11)9(6)12/h3-4,8,13H,2H2,1H3. The first kappa shape index (κ1) is 12.4. The molecule has 0 fully saturated rings. The lowest BCUT2D eigenvalue weighted by molar-refractivity contribution is 0.172. The summed E-state index contributed by atoms with van der Waals surface area (Å²) >= 11 is 6.87. The topological polar surface area (TPSA) is 20.2 Å². The number of aliphatic hydroxyl groups excluding tert-OH is 1. The number of hydrogen-bond acceptors (Lipinski definition) is 1. The molecule has 4 heteroatoms. The molecule has 1 nitrogen and oxygen atoms in total. The largest absolute Gasteiger partial charge is 0.388 e. The minimum Gasteiger partial charge on any atom is -0.388 e. The quantitative estimate of drug-likeness (QED) is 0.469. The van der Waals surface area contributed by atoms with Crippen molar-refractivity contribution >= 4 is 67.8 Å². The van der Waals surface area contributed by atoms with Crippen LogP contribution in [0.1, 0.15) is 25.0 Å². The van der Waals surface area contributed by atoms with Crippen molar-refractivity contribution in [2.24, 2.45) is 0 Å². The van der Waals surface area contributed by atoms with Crippen LogP contribution in [0.15, 0.2) is 12.1 Å². The van der Waals surface area contributed by atoms with E-state index in [1.54, 1.807) is 0 Å². The summed E-state index contributed by atoms with van der Waals surface area (Å²) in [6, 6.07) is 4.17. The molecule has 0 saturated heterocycles. The summed E-state index contributed by atoms with van der Waals surface area (Å²) in [6.07, 6.45) is 0.446. The van der Waals surface area contributed by atoms with Crippen LogP contribution in [-0.4, -0.2) is 5.11 Å². The Morgan fingerprint density at radius 1 is 1.31 bits per heavy atom. The van der Waals surface area contributed by atoms with Gasteiger partial charge in [-0.2, -0.15) is 0 Å². The smallest absolute Gasteiger partial charge is 0.0798 e. The number of hydrogen-bond donors (Lipinski definition) is 1. The van der Waals surface area contributed by atoms with Gasteiger partial charge in [-0.05, 0) is 91.9 Å². The molecular weight excluding hydrogens is 505 g/mol. The average molecular weight is 514 g/mol. The zero-order chi connectivity index (χ0) is 10.0. The van der Waals surface area contributed by atoms with Crippen LogP contribution in [0.4, 0.5) is 0 Å². The predicted octanol–water partition coefficient (Wildman–Crippen LogP) is 3.94. The third-order valence-electron chi connectivity index (χ3n) is 1.77. The summed E-state index contributed by atoms with van der Waals surface area (Å²) in [5.41, 5.74) is 1.06. The first-order valence-corrected chi connectivity index (χ1v) is 7.12. The molecule has 0 bridgehead atoms. The lowest BCUT2D eigenvalue weighted by Crippen LogP contribution is -2.00. The minimum absolute atomic E-state index is 0.324.